The minimum atomic E-state index is -0.227. The molecule has 1 unspecified atom stereocenters. The fraction of sp³-hybridized carbons (Fsp3) is 0.667. The molecule has 0 aliphatic heterocycles. The van der Waals surface area contributed by atoms with E-state index in [2.05, 4.69) is 15.7 Å². The van der Waals surface area contributed by atoms with Gasteiger partial charge >= 0.3 is 0 Å². The minimum Gasteiger partial charge on any atom is -0.385 e. The number of carbonyl (C=O) groups excluding carboxylic acids is 1. The second-order valence-electron chi connectivity index (χ2n) is 4.22. The topological polar surface area (TPSA) is 68.2 Å². The molecule has 1 aromatic rings. The number of hydrogen-bond donors (Lipinski definition) is 2. The van der Waals surface area contributed by atoms with Crippen LogP contribution in [-0.2, 0) is 23.1 Å². The van der Waals surface area contributed by atoms with Crippen LogP contribution in [0.4, 0.5) is 0 Å². The van der Waals surface area contributed by atoms with E-state index in [4.69, 9.17) is 4.74 Å². The Morgan fingerprint density at radius 2 is 2.39 bits per heavy atom. The molecule has 0 aliphatic rings. The molecule has 1 amide bonds. The predicted molar refractivity (Wildman–Crippen MR) is 69.0 cm³/mol. The first-order valence-corrected chi connectivity index (χ1v) is 6.12. The van der Waals surface area contributed by atoms with Crippen molar-refractivity contribution in [3.63, 3.8) is 0 Å². The highest BCUT2D eigenvalue weighted by Crippen LogP contribution is 1.94. The monoisotopic (exact) mass is 254 g/mol. The van der Waals surface area contributed by atoms with Crippen LogP contribution in [0.25, 0.3) is 0 Å². The molecule has 0 aromatic carbocycles. The average Bonchev–Trinajstić information content (AvgIpc) is 2.77. The predicted octanol–water partition coefficient (Wildman–Crippen LogP) is 0.0509. The van der Waals surface area contributed by atoms with Crippen molar-refractivity contribution < 1.29 is 9.53 Å². The van der Waals surface area contributed by atoms with Gasteiger partial charge in [-0.05, 0) is 19.4 Å². The minimum absolute atomic E-state index is 0.00188. The molecule has 6 nitrogen and oxygen atoms in total. The molecule has 1 aromatic heterocycles. The van der Waals surface area contributed by atoms with E-state index < -0.39 is 0 Å². The fourth-order valence-corrected chi connectivity index (χ4v) is 1.49. The van der Waals surface area contributed by atoms with Crippen molar-refractivity contribution in [2.24, 2.45) is 7.05 Å². The van der Waals surface area contributed by atoms with Crippen molar-refractivity contribution in [1.82, 2.24) is 20.4 Å². The van der Waals surface area contributed by atoms with Crippen LogP contribution in [-0.4, -0.2) is 42.0 Å². The molecular weight excluding hydrogens is 232 g/mol. The van der Waals surface area contributed by atoms with Gasteiger partial charge in [0, 0.05) is 40.1 Å². The Bertz CT molecular complexity index is 365. The van der Waals surface area contributed by atoms with Crippen LogP contribution in [0.5, 0.6) is 0 Å². The Balaban J connectivity index is 2.19. The molecule has 2 N–H and O–H groups in total. The van der Waals surface area contributed by atoms with E-state index in [0.717, 1.165) is 12.1 Å². The van der Waals surface area contributed by atoms with Crippen molar-refractivity contribution in [1.29, 1.82) is 0 Å². The van der Waals surface area contributed by atoms with Crippen molar-refractivity contribution in [3.05, 3.63) is 18.0 Å². The summed E-state index contributed by atoms with van der Waals surface area (Å²) in [4.78, 5) is 11.7. The molecule has 0 aliphatic carbocycles. The highest BCUT2D eigenvalue weighted by atomic mass is 16.5. The van der Waals surface area contributed by atoms with Crippen LogP contribution in [0.3, 0.4) is 0 Å². The van der Waals surface area contributed by atoms with E-state index >= 15 is 0 Å². The molecule has 0 spiro atoms. The van der Waals surface area contributed by atoms with Crippen molar-refractivity contribution in [2.75, 3.05) is 20.3 Å². The Hall–Kier alpha value is -1.40. The third-order valence-electron chi connectivity index (χ3n) is 2.58. The maximum absolute atomic E-state index is 11.7. The maximum Gasteiger partial charge on any atom is 0.236 e. The van der Waals surface area contributed by atoms with Crippen LogP contribution in [0.15, 0.2) is 12.3 Å². The number of hydrogen-bond acceptors (Lipinski definition) is 4. The summed E-state index contributed by atoms with van der Waals surface area (Å²) in [5.41, 5.74) is 0.927. The standard InChI is InChI=1S/C12H22N4O2/c1-10(12(17)13-6-4-8-18-3)14-9-11-5-7-16(2)15-11/h5,7,10,14H,4,6,8-9H2,1-3H3,(H,13,17). The van der Waals surface area contributed by atoms with Crippen LogP contribution < -0.4 is 10.6 Å². The van der Waals surface area contributed by atoms with Gasteiger partial charge in [-0.1, -0.05) is 0 Å². The third kappa shape index (κ3) is 5.29. The molecule has 1 atom stereocenters. The summed E-state index contributed by atoms with van der Waals surface area (Å²) in [7, 11) is 3.52. The first-order chi connectivity index (χ1) is 8.63. The van der Waals surface area contributed by atoms with Crippen molar-refractivity contribution >= 4 is 5.91 Å². The largest absolute Gasteiger partial charge is 0.385 e. The normalized spacial score (nSPS) is 12.4. The van der Waals surface area contributed by atoms with E-state index in [1.807, 2.05) is 26.2 Å². The summed E-state index contributed by atoms with van der Waals surface area (Å²) in [6.45, 7) is 3.74. The molecule has 6 heteroatoms. The number of nitrogens with zero attached hydrogens (tertiary/aromatic N) is 2. The van der Waals surface area contributed by atoms with Gasteiger partial charge in [-0.25, -0.2) is 0 Å². The summed E-state index contributed by atoms with van der Waals surface area (Å²) < 4.78 is 6.66. The summed E-state index contributed by atoms with van der Waals surface area (Å²) in [6.07, 6.45) is 2.71. The van der Waals surface area contributed by atoms with E-state index in [1.54, 1.807) is 11.8 Å². The van der Waals surface area contributed by atoms with Gasteiger partial charge in [0.05, 0.1) is 11.7 Å². The van der Waals surface area contributed by atoms with E-state index in [9.17, 15) is 4.79 Å². The fourth-order valence-electron chi connectivity index (χ4n) is 1.49. The van der Waals surface area contributed by atoms with Gasteiger partial charge in [-0.2, -0.15) is 5.10 Å². The van der Waals surface area contributed by atoms with Gasteiger partial charge < -0.3 is 15.4 Å². The first-order valence-electron chi connectivity index (χ1n) is 6.12. The third-order valence-corrected chi connectivity index (χ3v) is 2.58. The number of methoxy groups -OCH3 is 1. The van der Waals surface area contributed by atoms with Gasteiger partial charge in [0.2, 0.25) is 5.91 Å². The Labute approximate surface area is 108 Å². The average molecular weight is 254 g/mol. The zero-order valence-corrected chi connectivity index (χ0v) is 11.3. The zero-order valence-electron chi connectivity index (χ0n) is 11.3. The Morgan fingerprint density at radius 1 is 1.61 bits per heavy atom. The van der Waals surface area contributed by atoms with Crippen LogP contribution in [0.2, 0.25) is 0 Å². The molecule has 0 bridgehead atoms. The number of aryl methyl sites for hydroxylation is 1. The maximum atomic E-state index is 11.7. The van der Waals surface area contributed by atoms with Gasteiger partial charge in [0.1, 0.15) is 0 Å². The van der Waals surface area contributed by atoms with Gasteiger partial charge in [-0.3, -0.25) is 9.48 Å². The lowest BCUT2D eigenvalue weighted by Gasteiger charge is -2.13. The van der Waals surface area contributed by atoms with Gasteiger partial charge in [0.15, 0.2) is 0 Å². The first kappa shape index (κ1) is 14.7. The van der Waals surface area contributed by atoms with E-state index in [1.165, 1.54) is 0 Å². The van der Waals surface area contributed by atoms with Gasteiger partial charge in [0.25, 0.3) is 0 Å². The zero-order chi connectivity index (χ0) is 13.4. The molecule has 1 rings (SSSR count). The highest BCUT2D eigenvalue weighted by Gasteiger charge is 2.11. The number of carbonyl (C=O) groups is 1. The highest BCUT2D eigenvalue weighted by molar-refractivity contribution is 5.81. The molecule has 102 valence electrons. The molecule has 0 saturated carbocycles. The lowest BCUT2D eigenvalue weighted by atomic mass is 10.3. The second-order valence-corrected chi connectivity index (χ2v) is 4.22. The molecular formula is C12H22N4O2. The second kappa shape index (κ2) is 7.84. The number of nitrogens with one attached hydrogen (secondary N) is 2. The van der Waals surface area contributed by atoms with Crippen LogP contribution >= 0.6 is 0 Å². The lowest BCUT2D eigenvalue weighted by Crippen LogP contribution is -2.42. The van der Waals surface area contributed by atoms with E-state index in [0.29, 0.717) is 19.7 Å². The summed E-state index contributed by atoms with van der Waals surface area (Å²) >= 11 is 0. The van der Waals surface area contributed by atoms with Crippen molar-refractivity contribution in [2.45, 2.75) is 25.9 Å². The van der Waals surface area contributed by atoms with Crippen LogP contribution in [0.1, 0.15) is 19.0 Å². The van der Waals surface area contributed by atoms with E-state index in [-0.39, 0.29) is 11.9 Å². The summed E-state index contributed by atoms with van der Waals surface area (Å²) in [6, 6.07) is 1.70. The number of rotatable bonds is 8. The lowest BCUT2D eigenvalue weighted by molar-refractivity contribution is -0.122. The summed E-state index contributed by atoms with van der Waals surface area (Å²) in [5, 5.41) is 10.2. The molecule has 0 radical (unpaired) electrons. The molecule has 0 fully saturated rings. The molecule has 1 heterocycles. The smallest absolute Gasteiger partial charge is 0.236 e. The van der Waals surface area contributed by atoms with Crippen LogP contribution in [0, 0.1) is 0 Å². The Kier molecular flexibility index (Phi) is 6.38. The number of amides is 1. The SMILES string of the molecule is COCCCNC(=O)C(C)NCc1ccn(C)n1. The quantitative estimate of drug-likeness (QED) is 0.643. The van der Waals surface area contributed by atoms with Gasteiger partial charge in [-0.15, -0.1) is 0 Å². The molecule has 0 saturated heterocycles. The molecule has 18 heavy (non-hydrogen) atoms. The number of aromatic nitrogens is 2. The van der Waals surface area contributed by atoms with Crippen molar-refractivity contribution in [3.8, 4) is 0 Å². The Morgan fingerprint density at radius 3 is 3.00 bits per heavy atom. The number of ether oxygens (including phenoxy) is 1. The summed E-state index contributed by atoms with van der Waals surface area (Å²) in [5.74, 6) is 0.00188.